The van der Waals surface area contributed by atoms with Crippen molar-refractivity contribution in [3.8, 4) is 10.7 Å². The first-order valence-electron chi connectivity index (χ1n) is 4.60. The van der Waals surface area contributed by atoms with Gasteiger partial charge in [-0.25, -0.2) is 0 Å². The quantitative estimate of drug-likeness (QED) is 0.722. The van der Waals surface area contributed by atoms with Gasteiger partial charge >= 0.3 is 0 Å². The average Bonchev–Trinajstić information content (AvgIpc) is 2.83. The monoisotopic (exact) mass is 250 g/mol. The molecule has 0 bridgehead atoms. The number of aromatic nitrogens is 3. The molecular weight excluding hydrogens is 244 g/mol. The minimum atomic E-state index is 0.677. The van der Waals surface area contributed by atoms with Crippen LogP contribution in [0, 0.1) is 0 Å². The highest BCUT2D eigenvalue weighted by molar-refractivity contribution is 7.19. The van der Waals surface area contributed by atoms with Crippen LogP contribution in [-0.4, -0.2) is 14.6 Å². The lowest BCUT2D eigenvalue weighted by atomic mass is 10.4. The van der Waals surface area contributed by atoms with Gasteiger partial charge < -0.3 is 5.73 Å². The Bertz CT molecular complexity index is 658. The molecule has 6 heteroatoms. The summed E-state index contributed by atoms with van der Waals surface area (Å²) in [4.78, 5) is 0.988. The molecule has 0 radical (unpaired) electrons. The van der Waals surface area contributed by atoms with Crippen molar-refractivity contribution < 1.29 is 0 Å². The number of hydrogen-bond acceptors (Lipinski definition) is 4. The molecule has 3 aromatic rings. The van der Waals surface area contributed by atoms with Crippen LogP contribution < -0.4 is 5.73 Å². The molecule has 0 aliphatic carbocycles. The fourth-order valence-corrected chi connectivity index (χ4v) is 2.53. The Hall–Kier alpha value is -1.59. The van der Waals surface area contributed by atoms with Crippen LogP contribution in [0.25, 0.3) is 16.3 Å². The standard InChI is InChI=1S/C10H7ClN4S/c11-8-2-1-7(16-8)10-14-13-9-5-6(12)3-4-15(9)10/h1-5H,12H2. The van der Waals surface area contributed by atoms with Gasteiger partial charge in [-0.05, 0) is 18.2 Å². The minimum absolute atomic E-state index is 0.677. The first-order chi connectivity index (χ1) is 7.74. The highest BCUT2D eigenvalue weighted by atomic mass is 35.5. The molecule has 0 aliphatic rings. The van der Waals surface area contributed by atoms with Gasteiger partial charge in [-0.1, -0.05) is 11.6 Å². The van der Waals surface area contributed by atoms with E-state index in [-0.39, 0.29) is 0 Å². The Balaban J connectivity index is 2.25. The maximum absolute atomic E-state index is 5.89. The predicted octanol–water partition coefficient (Wildman–Crippen LogP) is 2.69. The molecule has 0 fully saturated rings. The van der Waals surface area contributed by atoms with Crippen LogP contribution in [0.5, 0.6) is 0 Å². The summed E-state index contributed by atoms with van der Waals surface area (Å²) < 4.78 is 2.63. The van der Waals surface area contributed by atoms with Gasteiger partial charge in [0, 0.05) is 18.0 Å². The fourth-order valence-electron chi connectivity index (χ4n) is 1.51. The Morgan fingerprint density at radius 2 is 2.12 bits per heavy atom. The Labute approximate surface area is 100 Å². The third-order valence-electron chi connectivity index (χ3n) is 2.23. The highest BCUT2D eigenvalue weighted by Crippen LogP contribution is 2.30. The summed E-state index contributed by atoms with van der Waals surface area (Å²) in [6.07, 6.45) is 1.85. The maximum Gasteiger partial charge on any atom is 0.178 e. The van der Waals surface area contributed by atoms with E-state index in [1.165, 1.54) is 11.3 Å². The summed E-state index contributed by atoms with van der Waals surface area (Å²) in [7, 11) is 0. The summed E-state index contributed by atoms with van der Waals surface area (Å²) in [6.45, 7) is 0. The van der Waals surface area contributed by atoms with E-state index in [0.29, 0.717) is 5.69 Å². The van der Waals surface area contributed by atoms with E-state index >= 15 is 0 Å². The molecule has 0 saturated heterocycles. The molecule has 0 atom stereocenters. The van der Waals surface area contributed by atoms with Crippen molar-refractivity contribution in [3.63, 3.8) is 0 Å². The van der Waals surface area contributed by atoms with Crippen LogP contribution in [0.1, 0.15) is 0 Å². The molecule has 0 aliphatic heterocycles. The number of rotatable bonds is 1. The van der Waals surface area contributed by atoms with Crippen LogP contribution in [0.3, 0.4) is 0 Å². The molecule has 0 spiro atoms. The van der Waals surface area contributed by atoms with Crippen molar-refractivity contribution in [2.45, 2.75) is 0 Å². The summed E-state index contributed by atoms with van der Waals surface area (Å²) >= 11 is 7.37. The number of anilines is 1. The van der Waals surface area contributed by atoms with Crippen molar-refractivity contribution in [2.75, 3.05) is 5.73 Å². The number of halogens is 1. The smallest absolute Gasteiger partial charge is 0.178 e. The molecule has 3 rings (SSSR count). The number of hydrogen-bond donors (Lipinski definition) is 1. The lowest BCUT2D eigenvalue weighted by Crippen LogP contribution is -1.90. The third kappa shape index (κ3) is 1.45. The lowest BCUT2D eigenvalue weighted by molar-refractivity contribution is 1.12. The van der Waals surface area contributed by atoms with Gasteiger partial charge in [-0.2, -0.15) is 0 Å². The maximum atomic E-state index is 5.89. The van der Waals surface area contributed by atoms with Gasteiger partial charge in [0.15, 0.2) is 11.5 Å². The zero-order valence-electron chi connectivity index (χ0n) is 8.09. The van der Waals surface area contributed by atoms with Gasteiger partial charge in [-0.3, -0.25) is 4.40 Å². The summed E-state index contributed by atoms with van der Waals surface area (Å²) in [5.74, 6) is 0.784. The van der Waals surface area contributed by atoms with E-state index < -0.39 is 0 Å². The van der Waals surface area contributed by atoms with Crippen molar-refractivity contribution >= 4 is 34.3 Å². The predicted molar refractivity (Wildman–Crippen MR) is 65.7 cm³/mol. The number of thiophene rings is 1. The van der Waals surface area contributed by atoms with E-state index in [1.54, 1.807) is 6.07 Å². The minimum Gasteiger partial charge on any atom is -0.399 e. The van der Waals surface area contributed by atoms with Crippen molar-refractivity contribution in [1.29, 1.82) is 0 Å². The fraction of sp³-hybridized carbons (Fsp3) is 0. The second-order valence-electron chi connectivity index (χ2n) is 3.32. The SMILES string of the molecule is Nc1ccn2c(-c3ccc(Cl)s3)nnc2c1. The lowest BCUT2D eigenvalue weighted by Gasteiger charge is -1.97. The third-order valence-corrected chi connectivity index (χ3v) is 3.45. The second kappa shape index (κ2) is 3.47. The van der Waals surface area contributed by atoms with Gasteiger partial charge in [0.05, 0.1) is 9.21 Å². The van der Waals surface area contributed by atoms with Crippen LogP contribution in [-0.2, 0) is 0 Å². The average molecular weight is 251 g/mol. The van der Waals surface area contributed by atoms with E-state index in [1.807, 2.05) is 28.8 Å². The molecule has 16 heavy (non-hydrogen) atoms. The van der Waals surface area contributed by atoms with Crippen LogP contribution in [0.2, 0.25) is 4.34 Å². The van der Waals surface area contributed by atoms with Gasteiger partial charge in [0.1, 0.15) is 0 Å². The van der Waals surface area contributed by atoms with Crippen molar-refractivity contribution in [1.82, 2.24) is 14.6 Å². The molecule has 0 amide bonds. The largest absolute Gasteiger partial charge is 0.399 e. The van der Waals surface area contributed by atoms with Crippen LogP contribution in [0.15, 0.2) is 30.5 Å². The number of nitrogens with zero attached hydrogens (tertiary/aromatic N) is 3. The van der Waals surface area contributed by atoms with Gasteiger partial charge in [0.25, 0.3) is 0 Å². The molecule has 2 N–H and O–H groups in total. The van der Waals surface area contributed by atoms with E-state index in [4.69, 9.17) is 17.3 Å². The Morgan fingerprint density at radius 1 is 1.25 bits per heavy atom. The van der Waals surface area contributed by atoms with Crippen molar-refractivity contribution in [2.24, 2.45) is 0 Å². The zero-order valence-corrected chi connectivity index (χ0v) is 9.66. The number of fused-ring (bicyclic) bond motifs is 1. The van der Waals surface area contributed by atoms with Gasteiger partial charge in [0.2, 0.25) is 0 Å². The van der Waals surface area contributed by atoms with Crippen molar-refractivity contribution in [3.05, 3.63) is 34.8 Å². The molecule has 3 heterocycles. The van der Waals surface area contributed by atoms with Crippen LogP contribution in [0.4, 0.5) is 5.69 Å². The number of nitrogens with two attached hydrogens (primary N) is 1. The first-order valence-corrected chi connectivity index (χ1v) is 5.79. The van der Waals surface area contributed by atoms with Gasteiger partial charge in [-0.15, -0.1) is 21.5 Å². The normalized spacial score (nSPS) is 11.1. The summed E-state index contributed by atoms with van der Waals surface area (Å²) in [6, 6.07) is 7.38. The first kappa shape index (κ1) is 9.62. The van der Waals surface area contributed by atoms with E-state index in [2.05, 4.69) is 10.2 Å². The Kier molecular flexibility index (Phi) is 2.08. The second-order valence-corrected chi connectivity index (χ2v) is 5.03. The topological polar surface area (TPSA) is 56.2 Å². The molecule has 0 saturated carbocycles. The molecule has 80 valence electrons. The number of pyridine rings is 1. The summed E-state index contributed by atoms with van der Waals surface area (Å²) in [5.41, 5.74) is 7.09. The molecule has 3 aromatic heterocycles. The molecule has 0 unspecified atom stereocenters. The summed E-state index contributed by atoms with van der Waals surface area (Å²) in [5, 5.41) is 8.19. The van der Waals surface area contributed by atoms with Crippen LogP contribution >= 0.6 is 22.9 Å². The Morgan fingerprint density at radius 3 is 2.88 bits per heavy atom. The highest BCUT2D eigenvalue weighted by Gasteiger charge is 2.09. The zero-order chi connectivity index (χ0) is 11.1. The molecule has 0 aromatic carbocycles. The van der Waals surface area contributed by atoms with E-state index in [9.17, 15) is 0 Å². The van der Waals surface area contributed by atoms with E-state index in [0.717, 1.165) is 20.7 Å². The molecule has 4 nitrogen and oxygen atoms in total. The molecular formula is C10H7ClN4S. The number of nitrogen functional groups attached to an aromatic ring is 1.